The Balaban J connectivity index is 0.00000280. The molecule has 1 heterocycles. The van der Waals surface area contributed by atoms with Crippen LogP contribution in [-0.2, 0) is 9.84 Å². The summed E-state index contributed by atoms with van der Waals surface area (Å²) < 4.78 is 24.8. The number of rotatable bonds is 5. The minimum Gasteiger partial charge on any atom is -0.355 e. The lowest BCUT2D eigenvalue weighted by molar-refractivity contribution is 0.441. The zero-order valence-corrected chi connectivity index (χ0v) is 19.1. The molecule has 150 valence electrons. The largest absolute Gasteiger partial charge is 0.355 e. The van der Waals surface area contributed by atoms with Crippen LogP contribution in [0.1, 0.15) is 12.0 Å². The fourth-order valence-electron chi connectivity index (χ4n) is 3.15. The number of hydrogen-bond donors (Lipinski definition) is 1. The second-order valence-electron chi connectivity index (χ2n) is 6.40. The van der Waals surface area contributed by atoms with E-state index in [-0.39, 0.29) is 29.7 Å². The fraction of sp³-hybridized carbons (Fsp3) is 0.286. The average Bonchev–Trinajstić information content (AvgIpc) is 2.73. The number of hydrogen-bond acceptors (Lipinski definition) is 3. The van der Waals surface area contributed by atoms with Crippen molar-refractivity contribution in [2.75, 3.05) is 32.4 Å². The summed E-state index contributed by atoms with van der Waals surface area (Å²) in [6.45, 7) is 1.94. The van der Waals surface area contributed by atoms with Gasteiger partial charge in [0.15, 0.2) is 15.8 Å². The predicted octanol–water partition coefficient (Wildman–Crippen LogP) is 3.44. The van der Waals surface area contributed by atoms with Crippen LogP contribution < -0.4 is 5.32 Å². The maximum atomic E-state index is 12.4. The number of nitrogens with one attached hydrogen (secondary N) is 1. The highest BCUT2D eigenvalue weighted by atomic mass is 127. The first-order valence-electron chi connectivity index (χ1n) is 9.08. The molecule has 3 rings (SSSR count). The molecule has 0 aromatic heterocycles. The molecule has 7 heteroatoms. The molecular weight excluding hydrogens is 485 g/mol. The van der Waals surface area contributed by atoms with Gasteiger partial charge in [0, 0.05) is 26.7 Å². The van der Waals surface area contributed by atoms with Gasteiger partial charge in [-0.3, -0.25) is 4.99 Å². The van der Waals surface area contributed by atoms with Crippen molar-refractivity contribution in [3.63, 3.8) is 0 Å². The zero-order valence-electron chi connectivity index (χ0n) is 15.9. The van der Waals surface area contributed by atoms with Crippen LogP contribution >= 0.6 is 24.0 Å². The first kappa shape index (κ1) is 22.4. The third kappa shape index (κ3) is 5.81. The zero-order chi connectivity index (χ0) is 19.1. The van der Waals surface area contributed by atoms with E-state index in [9.17, 15) is 8.42 Å². The van der Waals surface area contributed by atoms with E-state index in [1.54, 1.807) is 31.3 Å². The third-order valence-corrected chi connectivity index (χ3v) is 6.35. The second-order valence-corrected chi connectivity index (χ2v) is 8.51. The molecule has 1 aliphatic heterocycles. The van der Waals surface area contributed by atoms with Gasteiger partial charge in [-0.05, 0) is 29.7 Å². The highest BCUT2D eigenvalue weighted by molar-refractivity contribution is 14.0. The van der Waals surface area contributed by atoms with Gasteiger partial charge in [-0.15, -0.1) is 24.0 Å². The molecular formula is C21H26IN3O2S. The lowest BCUT2D eigenvalue weighted by Gasteiger charge is -2.29. The molecule has 2 aromatic carbocycles. The quantitative estimate of drug-likeness (QED) is 0.380. The number of nitrogens with zero attached hydrogens (tertiary/aromatic N) is 2. The number of halogens is 1. The van der Waals surface area contributed by atoms with Crippen molar-refractivity contribution < 1.29 is 8.42 Å². The summed E-state index contributed by atoms with van der Waals surface area (Å²) in [5, 5.41) is 3.19. The van der Waals surface area contributed by atoms with Gasteiger partial charge in [-0.25, -0.2) is 8.42 Å². The molecule has 0 unspecified atom stereocenters. The van der Waals surface area contributed by atoms with E-state index in [1.807, 2.05) is 12.1 Å². The molecule has 0 atom stereocenters. The first-order chi connectivity index (χ1) is 13.1. The Labute approximate surface area is 184 Å². The van der Waals surface area contributed by atoms with Gasteiger partial charge in [0.1, 0.15) is 0 Å². The number of aliphatic imine (C=N–C) groups is 1. The highest BCUT2D eigenvalue weighted by Crippen LogP contribution is 2.21. The first-order valence-corrected chi connectivity index (χ1v) is 10.7. The summed E-state index contributed by atoms with van der Waals surface area (Å²) in [7, 11) is -1.56. The van der Waals surface area contributed by atoms with Crippen molar-refractivity contribution in [3.05, 3.63) is 72.3 Å². The minimum absolute atomic E-state index is 0. The summed E-state index contributed by atoms with van der Waals surface area (Å²) in [4.78, 5) is 6.81. The molecule has 1 aliphatic rings. The van der Waals surface area contributed by atoms with E-state index in [4.69, 9.17) is 0 Å². The molecule has 0 aliphatic carbocycles. The van der Waals surface area contributed by atoms with Crippen molar-refractivity contribution in [2.45, 2.75) is 11.3 Å². The molecule has 5 nitrogen and oxygen atoms in total. The van der Waals surface area contributed by atoms with E-state index in [2.05, 4.69) is 45.6 Å². The maximum Gasteiger partial charge on any atom is 0.193 e. The van der Waals surface area contributed by atoms with Crippen LogP contribution in [0.2, 0.25) is 0 Å². The molecule has 0 bridgehead atoms. The second kappa shape index (κ2) is 10.6. The summed E-state index contributed by atoms with van der Waals surface area (Å²) in [5.41, 5.74) is 2.60. The standard InChI is InChI=1S/C21H25N3O2S.HI/c1-22-21(23-14-17-27(25,26)20-10-6-3-7-11-20)24-15-12-19(13-16-24)18-8-4-2-5-9-18;/h2-12H,13-17H2,1H3,(H,22,23);1H. The molecule has 0 amide bonds. The number of guanidine groups is 1. The molecule has 0 fully saturated rings. The van der Waals surface area contributed by atoms with E-state index in [0.29, 0.717) is 11.4 Å². The number of benzene rings is 2. The SMILES string of the molecule is CN=C(NCCS(=O)(=O)c1ccccc1)N1CC=C(c2ccccc2)CC1.I. The Morgan fingerprint density at radius 1 is 1.07 bits per heavy atom. The normalized spacial score (nSPS) is 14.8. The van der Waals surface area contributed by atoms with Gasteiger partial charge in [0.2, 0.25) is 0 Å². The van der Waals surface area contributed by atoms with E-state index >= 15 is 0 Å². The smallest absolute Gasteiger partial charge is 0.193 e. The van der Waals surface area contributed by atoms with Crippen molar-refractivity contribution in [3.8, 4) is 0 Å². The van der Waals surface area contributed by atoms with Crippen molar-refractivity contribution in [2.24, 2.45) is 4.99 Å². The maximum absolute atomic E-state index is 12.4. The molecule has 28 heavy (non-hydrogen) atoms. The van der Waals surface area contributed by atoms with Gasteiger partial charge >= 0.3 is 0 Å². The van der Waals surface area contributed by atoms with Gasteiger partial charge in [-0.2, -0.15) is 0 Å². The van der Waals surface area contributed by atoms with E-state index in [0.717, 1.165) is 25.5 Å². The highest BCUT2D eigenvalue weighted by Gasteiger charge is 2.18. The molecule has 0 saturated heterocycles. The Hall–Kier alpha value is -1.87. The van der Waals surface area contributed by atoms with E-state index in [1.165, 1.54) is 11.1 Å². The Morgan fingerprint density at radius 3 is 2.29 bits per heavy atom. The van der Waals surface area contributed by atoms with Crippen LogP contribution in [0.15, 0.2) is 76.6 Å². The molecule has 0 radical (unpaired) electrons. The Bertz CT molecular complexity index is 913. The van der Waals surface area contributed by atoms with Crippen LogP contribution in [0.25, 0.3) is 5.57 Å². The monoisotopic (exact) mass is 511 g/mol. The predicted molar refractivity (Wildman–Crippen MR) is 126 cm³/mol. The lowest BCUT2D eigenvalue weighted by Crippen LogP contribution is -2.44. The van der Waals surface area contributed by atoms with E-state index < -0.39 is 9.84 Å². The van der Waals surface area contributed by atoms with Crippen LogP contribution in [0.5, 0.6) is 0 Å². The summed E-state index contributed by atoms with van der Waals surface area (Å²) >= 11 is 0. The fourth-order valence-corrected chi connectivity index (χ4v) is 4.33. The van der Waals surface area contributed by atoms with Crippen molar-refractivity contribution >= 4 is 45.3 Å². The Kier molecular flexibility index (Phi) is 8.50. The molecule has 0 saturated carbocycles. The van der Waals surface area contributed by atoms with Gasteiger partial charge in [0.05, 0.1) is 10.6 Å². The van der Waals surface area contributed by atoms with Gasteiger partial charge < -0.3 is 10.2 Å². The number of sulfone groups is 1. The summed E-state index contributed by atoms with van der Waals surface area (Å²) in [6.07, 6.45) is 3.15. The molecule has 0 spiro atoms. The van der Waals surface area contributed by atoms with Gasteiger partial charge in [-0.1, -0.05) is 54.6 Å². The van der Waals surface area contributed by atoms with Crippen LogP contribution in [0.4, 0.5) is 0 Å². The van der Waals surface area contributed by atoms with Crippen LogP contribution in [0, 0.1) is 0 Å². The lowest BCUT2D eigenvalue weighted by atomic mass is 10.00. The molecule has 1 N–H and O–H groups in total. The average molecular weight is 511 g/mol. The van der Waals surface area contributed by atoms with Crippen molar-refractivity contribution in [1.82, 2.24) is 10.2 Å². The van der Waals surface area contributed by atoms with Crippen LogP contribution in [-0.4, -0.2) is 51.7 Å². The minimum atomic E-state index is -3.29. The van der Waals surface area contributed by atoms with Gasteiger partial charge in [0.25, 0.3) is 0 Å². The molecule has 2 aromatic rings. The summed E-state index contributed by atoms with van der Waals surface area (Å²) in [6, 6.07) is 18.9. The van der Waals surface area contributed by atoms with Crippen LogP contribution in [0.3, 0.4) is 0 Å². The topological polar surface area (TPSA) is 61.8 Å². The Morgan fingerprint density at radius 2 is 1.71 bits per heavy atom. The third-order valence-electron chi connectivity index (χ3n) is 4.62. The summed E-state index contributed by atoms with van der Waals surface area (Å²) in [5.74, 6) is 0.774. The van der Waals surface area contributed by atoms with Crippen molar-refractivity contribution in [1.29, 1.82) is 0 Å².